The molecule has 2 aromatic heterocycles. The van der Waals surface area contributed by atoms with Gasteiger partial charge in [0.15, 0.2) is 0 Å². The SMILES string of the molecule is Cc1ccc(O)c(C)n1.O=[N+]([O-])c1cc(Cl)cnc1Cl. The van der Waals surface area contributed by atoms with Crippen molar-refractivity contribution < 1.29 is 10.0 Å². The van der Waals surface area contributed by atoms with Crippen LogP contribution in [0.3, 0.4) is 0 Å². The molecule has 0 bridgehead atoms. The standard InChI is InChI=1S/C7H9NO.C5H2Cl2N2O2/c1-5-3-4-7(9)6(2)8-5;6-3-1-4(9(10)11)5(7)8-2-3/h3-4,9H,1-2H3;1-2H. The molecule has 0 unspecified atom stereocenters. The van der Waals surface area contributed by atoms with Crippen molar-refractivity contribution >= 4 is 28.9 Å². The third kappa shape index (κ3) is 4.64. The van der Waals surface area contributed by atoms with E-state index in [2.05, 4.69) is 9.97 Å². The first kappa shape index (κ1) is 16.1. The van der Waals surface area contributed by atoms with E-state index < -0.39 is 4.92 Å². The summed E-state index contributed by atoms with van der Waals surface area (Å²) in [5.41, 5.74) is 1.35. The molecule has 8 heteroatoms. The van der Waals surface area contributed by atoms with Gasteiger partial charge in [0.1, 0.15) is 5.75 Å². The number of hydrogen-bond acceptors (Lipinski definition) is 5. The van der Waals surface area contributed by atoms with Gasteiger partial charge in [-0.1, -0.05) is 23.2 Å². The average molecular weight is 316 g/mol. The first-order chi connectivity index (χ1) is 9.31. The van der Waals surface area contributed by atoms with Crippen molar-refractivity contribution in [2.24, 2.45) is 0 Å². The highest BCUT2D eigenvalue weighted by molar-refractivity contribution is 6.33. The molecule has 106 valence electrons. The van der Waals surface area contributed by atoms with Crippen molar-refractivity contribution in [3.05, 3.63) is 56.1 Å². The van der Waals surface area contributed by atoms with Crippen LogP contribution in [0.1, 0.15) is 11.4 Å². The van der Waals surface area contributed by atoms with Crippen molar-refractivity contribution in [2.75, 3.05) is 0 Å². The smallest absolute Gasteiger partial charge is 0.307 e. The van der Waals surface area contributed by atoms with Crippen LogP contribution in [0, 0.1) is 24.0 Å². The number of hydrogen-bond donors (Lipinski definition) is 1. The Labute approximate surface area is 125 Å². The Morgan fingerprint density at radius 1 is 1.30 bits per heavy atom. The molecule has 0 radical (unpaired) electrons. The summed E-state index contributed by atoms with van der Waals surface area (Å²) in [6, 6.07) is 4.58. The maximum Gasteiger partial charge on any atom is 0.307 e. The minimum atomic E-state index is -0.638. The van der Waals surface area contributed by atoms with Crippen LogP contribution in [-0.2, 0) is 0 Å². The Morgan fingerprint density at radius 2 is 1.95 bits per heavy atom. The zero-order valence-electron chi connectivity index (χ0n) is 10.7. The summed E-state index contributed by atoms with van der Waals surface area (Å²) in [6.45, 7) is 3.68. The fraction of sp³-hybridized carbons (Fsp3) is 0.167. The highest BCUT2D eigenvalue weighted by Gasteiger charge is 2.12. The molecule has 0 amide bonds. The number of aromatic hydroxyl groups is 1. The molecule has 20 heavy (non-hydrogen) atoms. The molecule has 0 saturated heterocycles. The van der Waals surface area contributed by atoms with Crippen molar-refractivity contribution in [3.63, 3.8) is 0 Å². The molecule has 2 aromatic rings. The molecule has 2 heterocycles. The summed E-state index contributed by atoms with van der Waals surface area (Å²) in [5, 5.41) is 19.2. The summed E-state index contributed by atoms with van der Waals surface area (Å²) in [4.78, 5) is 17.1. The lowest BCUT2D eigenvalue weighted by atomic mass is 10.3. The van der Waals surface area contributed by atoms with Crippen molar-refractivity contribution in [3.8, 4) is 5.75 Å². The molecule has 6 nitrogen and oxygen atoms in total. The van der Waals surface area contributed by atoms with Gasteiger partial charge in [-0.2, -0.15) is 0 Å². The molecule has 1 N–H and O–H groups in total. The molecule has 0 aliphatic carbocycles. The van der Waals surface area contributed by atoms with Gasteiger partial charge in [-0.15, -0.1) is 0 Å². The predicted molar refractivity (Wildman–Crippen MR) is 76.3 cm³/mol. The average Bonchev–Trinajstić information content (AvgIpc) is 2.38. The van der Waals surface area contributed by atoms with Crippen LogP contribution in [0.25, 0.3) is 0 Å². The van der Waals surface area contributed by atoms with Crippen molar-refractivity contribution in [1.82, 2.24) is 9.97 Å². The Morgan fingerprint density at radius 3 is 2.40 bits per heavy atom. The maximum absolute atomic E-state index is 10.2. The number of pyridine rings is 2. The van der Waals surface area contributed by atoms with Crippen LogP contribution < -0.4 is 0 Å². The molecule has 0 aliphatic rings. The quantitative estimate of drug-likeness (QED) is 0.492. The van der Waals surface area contributed by atoms with Gasteiger partial charge in [0.05, 0.1) is 15.6 Å². The van der Waals surface area contributed by atoms with Crippen LogP contribution >= 0.6 is 23.2 Å². The van der Waals surface area contributed by atoms with E-state index in [0.717, 1.165) is 11.8 Å². The minimum absolute atomic E-state index is 0.153. The molecular weight excluding hydrogens is 305 g/mol. The summed E-state index contributed by atoms with van der Waals surface area (Å²) in [5.74, 6) is 0.264. The number of halogens is 2. The minimum Gasteiger partial charge on any atom is -0.506 e. The topological polar surface area (TPSA) is 89.2 Å². The summed E-state index contributed by atoms with van der Waals surface area (Å²) < 4.78 is 0. The maximum atomic E-state index is 10.2. The van der Waals surface area contributed by atoms with Crippen LogP contribution in [-0.4, -0.2) is 20.0 Å². The molecule has 0 atom stereocenters. The van der Waals surface area contributed by atoms with Gasteiger partial charge in [0.2, 0.25) is 5.15 Å². The molecule has 2 rings (SSSR count). The Hall–Kier alpha value is -1.92. The van der Waals surface area contributed by atoms with Gasteiger partial charge in [-0.05, 0) is 26.0 Å². The lowest BCUT2D eigenvalue weighted by molar-refractivity contribution is -0.385. The van der Waals surface area contributed by atoms with E-state index in [1.165, 1.54) is 6.20 Å². The van der Waals surface area contributed by atoms with E-state index >= 15 is 0 Å². The van der Waals surface area contributed by atoms with E-state index in [-0.39, 0.29) is 21.6 Å². The molecule has 0 spiro atoms. The number of aromatic nitrogens is 2. The van der Waals surface area contributed by atoms with E-state index in [0.29, 0.717) is 5.69 Å². The largest absolute Gasteiger partial charge is 0.506 e. The highest BCUT2D eigenvalue weighted by Crippen LogP contribution is 2.24. The summed E-state index contributed by atoms with van der Waals surface area (Å²) in [7, 11) is 0. The van der Waals surface area contributed by atoms with E-state index in [1.807, 2.05) is 6.92 Å². The Balaban J connectivity index is 0.000000204. The fourth-order valence-electron chi connectivity index (χ4n) is 1.22. The summed E-state index contributed by atoms with van der Waals surface area (Å²) >= 11 is 10.8. The molecule has 0 saturated carbocycles. The number of nitro groups is 1. The van der Waals surface area contributed by atoms with Gasteiger partial charge < -0.3 is 5.11 Å². The first-order valence-electron chi connectivity index (χ1n) is 5.40. The second-order valence-electron chi connectivity index (χ2n) is 3.78. The van der Waals surface area contributed by atoms with Crippen molar-refractivity contribution in [1.29, 1.82) is 0 Å². The van der Waals surface area contributed by atoms with E-state index in [4.69, 9.17) is 28.3 Å². The van der Waals surface area contributed by atoms with Crippen LogP contribution in [0.2, 0.25) is 10.2 Å². The Kier molecular flexibility index (Phi) is 5.66. The summed E-state index contributed by atoms with van der Waals surface area (Å²) in [6.07, 6.45) is 1.25. The molecule has 0 aliphatic heterocycles. The number of nitrogens with zero attached hydrogens (tertiary/aromatic N) is 3. The molecule has 0 fully saturated rings. The van der Waals surface area contributed by atoms with Gasteiger partial charge in [-0.3, -0.25) is 15.1 Å². The van der Waals surface area contributed by atoms with Crippen molar-refractivity contribution in [2.45, 2.75) is 13.8 Å². The van der Waals surface area contributed by atoms with Gasteiger partial charge in [0, 0.05) is 18.0 Å². The molecule has 0 aromatic carbocycles. The highest BCUT2D eigenvalue weighted by atomic mass is 35.5. The van der Waals surface area contributed by atoms with Crippen LogP contribution in [0.15, 0.2) is 24.4 Å². The fourth-order valence-corrected chi connectivity index (χ4v) is 1.54. The lowest BCUT2D eigenvalue weighted by Crippen LogP contribution is -1.90. The zero-order chi connectivity index (χ0) is 15.3. The van der Waals surface area contributed by atoms with Gasteiger partial charge >= 0.3 is 5.69 Å². The van der Waals surface area contributed by atoms with E-state index in [9.17, 15) is 10.1 Å². The third-order valence-corrected chi connectivity index (χ3v) is 2.68. The Bertz CT molecular complexity index is 635. The second kappa shape index (κ2) is 7.02. The monoisotopic (exact) mass is 315 g/mol. The van der Waals surface area contributed by atoms with E-state index in [1.54, 1.807) is 19.1 Å². The van der Waals surface area contributed by atoms with Crippen LogP contribution in [0.5, 0.6) is 5.75 Å². The first-order valence-corrected chi connectivity index (χ1v) is 6.15. The normalized spacial score (nSPS) is 9.60. The van der Waals surface area contributed by atoms with Crippen LogP contribution in [0.4, 0.5) is 5.69 Å². The van der Waals surface area contributed by atoms with Gasteiger partial charge in [-0.25, -0.2) is 4.98 Å². The predicted octanol–water partition coefficient (Wildman–Crippen LogP) is 3.70. The second-order valence-corrected chi connectivity index (χ2v) is 4.57. The third-order valence-electron chi connectivity index (χ3n) is 2.18. The molecular formula is C12H11Cl2N3O3. The number of aryl methyl sites for hydroxylation is 2. The number of rotatable bonds is 1. The zero-order valence-corrected chi connectivity index (χ0v) is 12.2. The van der Waals surface area contributed by atoms with Gasteiger partial charge in [0.25, 0.3) is 0 Å². The lowest BCUT2D eigenvalue weighted by Gasteiger charge is -1.96.